The summed E-state index contributed by atoms with van der Waals surface area (Å²) in [7, 11) is 1.21. The van der Waals surface area contributed by atoms with E-state index < -0.39 is 11.8 Å². The molecule has 0 atom stereocenters. The molecular formula is C15H12BrFO3. The van der Waals surface area contributed by atoms with Crippen molar-refractivity contribution >= 4 is 21.9 Å². The molecule has 0 aliphatic carbocycles. The van der Waals surface area contributed by atoms with Crippen molar-refractivity contribution in [1.29, 1.82) is 0 Å². The number of hydrogen-bond acceptors (Lipinski definition) is 3. The van der Waals surface area contributed by atoms with Crippen LogP contribution < -0.4 is 4.74 Å². The van der Waals surface area contributed by atoms with E-state index in [9.17, 15) is 9.18 Å². The molecule has 0 amide bonds. The fourth-order valence-electron chi connectivity index (χ4n) is 1.62. The van der Waals surface area contributed by atoms with Crippen molar-refractivity contribution < 1.29 is 18.7 Å². The lowest BCUT2D eigenvalue weighted by Gasteiger charge is -2.08. The molecule has 3 nitrogen and oxygen atoms in total. The Morgan fingerprint density at radius 2 is 1.90 bits per heavy atom. The molecule has 0 aromatic heterocycles. The van der Waals surface area contributed by atoms with Crippen LogP contribution >= 0.6 is 15.9 Å². The van der Waals surface area contributed by atoms with Gasteiger partial charge in [0.25, 0.3) is 0 Å². The molecule has 2 aromatic carbocycles. The molecule has 0 unspecified atom stereocenters. The highest BCUT2D eigenvalue weighted by atomic mass is 79.9. The summed E-state index contributed by atoms with van der Waals surface area (Å²) < 4.78 is 24.7. The van der Waals surface area contributed by atoms with Gasteiger partial charge in [-0.15, -0.1) is 0 Å². The Balaban J connectivity index is 2.05. The van der Waals surface area contributed by atoms with Gasteiger partial charge in [-0.1, -0.05) is 22.0 Å². The average molecular weight is 339 g/mol. The van der Waals surface area contributed by atoms with Gasteiger partial charge in [-0.25, -0.2) is 9.18 Å². The summed E-state index contributed by atoms with van der Waals surface area (Å²) >= 11 is 3.33. The van der Waals surface area contributed by atoms with Crippen molar-refractivity contribution in [3.8, 4) is 5.75 Å². The molecule has 0 radical (unpaired) electrons. The number of methoxy groups -OCH3 is 1. The number of hydrogen-bond donors (Lipinski definition) is 0. The van der Waals surface area contributed by atoms with E-state index in [0.717, 1.165) is 4.47 Å². The Kier molecular flexibility index (Phi) is 4.74. The van der Waals surface area contributed by atoms with Gasteiger partial charge in [0, 0.05) is 4.47 Å². The molecule has 0 spiro atoms. The van der Waals surface area contributed by atoms with Crippen LogP contribution in [0, 0.1) is 5.82 Å². The SMILES string of the molecule is COC(=O)c1ccc(COc2ccc(Br)cc2)cc1F. The first-order valence-corrected chi connectivity index (χ1v) is 6.64. The first-order chi connectivity index (χ1) is 9.60. The van der Waals surface area contributed by atoms with Crippen LogP contribution in [0.4, 0.5) is 4.39 Å². The summed E-state index contributed by atoms with van der Waals surface area (Å²) in [6, 6.07) is 11.6. The zero-order valence-corrected chi connectivity index (χ0v) is 12.3. The number of rotatable bonds is 4. The Bertz CT molecular complexity index is 611. The molecule has 0 fully saturated rings. The molecular weight excluding hydrogens is 327 g/mol. The Morgan fingerprint density at radius 1 is 1.20 bits per heavy atom. The molecule has 5 heteroatoms. The first kappa shape index (κ1) is 14.5. The van der Waals surface area contributed by atoms with Gasteiger partial charge in [0.1, 0.15) is 18.2 Å². The third-order valence-corrected chi connectivity index (χ3v) is 3.19. The highest BCUT2D eigenvalue weighted by Crippen LogP contribution is 2.18. The van der Waals surface area contributed by atoms with Crippen LogP contribution in [-0.2, 0) is 11.3 Å². The molecule has 0 aliphatic heterocycles. The summed E-state index contributed by atoms with van der Waals surface area (Å²) in [5, 5.41) is 0. The predicted molar refractivity (Wildman–Crippen MR) is 76.2 cm³/mol. The zero-order valence-electron chi connectivity index (χ0n) is 10.7. The molecule has 2 aromatic rings. The third kappa shape index (κ3) is 3.57. The fraction of sp³-hybridized carbons (Fsp3) is 0.133. The number of carbonyl (C=O) groups excluding carboxylic acids is 1. The molecule has 20 heavy (non-hydrogen) atoms. The van der Waals surface area contributed by atoms with Crippen molar-refractivity contribution in [3.05, 3.63) is 63.9 Å². The van der Waals surface area contributed by atoms with Crippen LogP contribution in [0.15, 0.2) is 46.9 Å². The Hall–Kier alpha value is -1.88. The molecule has 0 saturated carbocycles. The molecule has 0 heterocycles. The predicted octanol–water partition coefficient (Wildman–Crippen LogP) is 3.95. The number of esters is 1. The van der Waals surface area contributed by atoms with Gasteiger partial charge in [-0.2, -0.15) is 0 Å². The monoisotopic (exact) mass is 338 g/mol. The van der Waals surface area contributed by atoms with Crippen molar-refractivity contribution in [3.63, 3.8) is 0 Å². The lowest BCUT2D eigenvalue weighted by molar-refractivity contribution is 0.0595. The van der Waals surface area contributed by atoms with Crippen molar-refractivity contribution in [2.75, 3.05) is 7.11 Å². The van der Waals surface area contributed by atoms with Gasteiger partial charge < -0.3 is 9.47 Å². The lowest BCUT2D eigenvalue weighted by Crippen LogP contribution is -2.05. The minimum Gasteiger partial charge on any atom is -0.489 e. The van der Waals surface area contributed by atoms with E-state index in [0.29, 0.717) is 11.3 Å². The second kappa shape index (κ2) is 6.52. The maximum atomic E-state index is 13.7. The minimum absolute atomic E-state index is 0.0834. The highest BCUT2D eigenvalue weighted by molar-refractivity contribution is 9.10. The van der Waals surface area contributed by atoms with E-state index in [-0.39, 0.29) is 12.2 Å². The normalized spacial score (nSPS) is 10.2. The molecule has 0 bridgehead atoms. The lowest BCUT2D eigenvalue weighted by atomic mass is 10.1. The maximum Gasteiger partial charge on any atom is 0.340 e. The van der Waals surface area contributed by atoms with Gasteiger partial charge in [-0.3, -0.25) is 0 Å². The fourth-order valence-corrected chi connectivity index (χ4v) is 1.89. The van der Waals surface area contributed by atoms with Crippen LogP contribution in [0.2, 0.25) is 0 Å². The van der Waals surface area contributed by atoms with E-state index in [4.69, 9.17) is 4.74 Å². The van der Waals surface area contributed by atoms with Crippen molar-refractivity contribution in [2.45, 2.75) is 6.61 Å². The largest absolute Gasteiger partial charge is 0.489 e. The van der Waals surface area contributed by atoms with Gasteiger partial charge in [0.15, 0.2) is 0 Å². The minimum atomic E-state index is -0.692. The summed E-state index contributed by atoms with van der Waals surface area (Å²) in [6.07, 6.45) is 0. The van der Waals surface area contributed by atoms with Crippen LogP contribution in [0.1, 0.15) is 15.9 Å². The number of carbonyl (C=O) groups is 1. The maximum absolute atomic E-state index is 13.7. The molecule has 0 aliphatic rings. The van der Waals surface area contributed by atoms with Crippen molar-refractivity contribution in [2.24, 2.45) is 0 Å². The van der Waals surface area contributed by atoms with Crippen molar-refractivity contribution in [1.82, 2.24) is 0 Å². The van der Waals surface area contributed by atoms with E-state index in [1.807, 2.05) is 24.3 Å². The van der Waals surface area contributed by atoms with Gasteiger partial charge in [0.2, 0.25) is 0 Å². The second-order valence-corrected chi connectivity index (χ2v) is 4.96. The molecule has 104 valence electrons. The van der Waals surface area contributed by atoms with Gasteiger partial charge >= 0.3 is 5.97 Å². The summed E-state index contributed by atoms with van der Waals surface area (Å²) in [4.78, 5) is 11.3. The zero-order chi connectivity index (χ0) is 14.5. The quantitative estimate of drug-likeness (QED) is 0.791. The topological polar surface area (TPSA) is 35.5 Å². The highest BCUT2D eigenvalue weighted by Gasteiger charge is 2.12. The van der Waals surface area contributed by atoms with Gasteiger partial charge in [0.05, 0.1) is 12.7 Å². The van der Waals surface area contributed by atoms with Crippen LogP contribution in [0.5, 0.6) is 5.75 Å². The summed E-state index contributed by atoms with van der Waals surface area (Å²) in [5.41, 5.74) is 0.554. The number of halogens is 2. The Labute approximate surface area is 124 Å². The average Bonchev–Trinajstić information content (AvgIpc) is 2.46. The number of ether oxygens (including phenoxy) is 2. The third-order valence-electron chi connectivity index (χ3n) is 2.66. The smallest absolute Gasteiger partial charge is 0.340 e. The number of benzene rings is 2. The molecule has 0 saturated heterocycles. The van der Waals surface area contributed by atoms with Crippen LogP contribution in [0.3, 0.4) is 0 Å². The standard InChI is InChI=1S/C15H12BrFO3/c1-19-15(18)13-7-2-10(8-14(13)17)9-20-12-5-3-11(16)4-6-12/h2-8H,9H2,1H3. The van der Waals surface area contributed by atoms with Crippen LogP contribution in [-0.4, -0.2) is 13.1 Å². The summed E-state index contributed by atoms with van der Waals surface area (Å²) in [5.74, 6) is -0.623. The summed E-state index contributed by atoms with van der Waals surface area (Å²) in [6.45, 7) is 0.222. The Morgan fingerprint density at radius 3 is 2.50 bits per heavy atom. The van der Waals surface area contributed by atoms with E-state index in [1.54, 1.807) is 6.07 Å². The van der Waals surface area contributed by atoms with Gasteiger partial charge in [-0.05, 0) is 42.0 Å². The molecule has 2 rings (SSSR count). The van der Waals surface area contributed by atoms with E-state index >= 15 is 0 Å². The molecule has 0 N–H and O–H groups in total. The second-order valence-electron chi connectivity index (χ2n) is 4.05. The van der Waals surface area contributed by atoms with E-state index in [2.05, 4.69) is 20.7 Å². The van der Waals surface area contributed by atoms with Crippen LogP contribution in [0.25, 0.3) is 0 Å². The first-order valence-electron chi connectivity index (χ1n) is 5.85. The van der Waals surface area contributed by atoms with E-state index in [1.165, 1.54) is 19.2 Å².